The fourth-order valence-electron chi connectivity index (χ4n) is 4.19. The molecule has 42 heavy (non-hydrogen) atoms. The van der Waals surface area contributed by atoms with Gasteiger partial charge in [0.25, 0.3) is 11.5 Å². The van der Waals surface area contributed by atoms with Gasteiger partial charge >= 0.3 is 0 Å². The summed E-state index contributed by atoms with van der Waals surface area (Å²) >= 11 is 7.48. The van der Waals surface area contributed by atoms with E-state index >= 15 is 0 Å². The third-order valence-corrected chi connectivity index (χ3v) is 7.57. The van der Waals surface area contributed by atoms with Gasteiger partial charge in [0.1, 0.15) is 5.82 Å². The van der Waals surface area contributed by atoms with Crippen molar-refractivity contribution in [1.29, 1.82) is 0 Å². The van der Waals surface area contributed by atoms with E-state index in [0.29, 0.717) is 16.7 Å². The van der Waals surface area contributed by atoms with E-state index in [0.717, 1.165) is 15.8 Å². The van der Waals surface area contributed by atoms with Crippen molar-refractivity contribution in [3.63, 3.8) is 0 Å². The first-order valence-electron chi connectivity index (χ1n) is 12.9. The van der Waals surface area contributed by atoms with E-state index in [1.54, 1.807) is 69.3 Å². The Kier molecular flexibility index (Phi) is 8.06. The van der Waals surface area contributed by atoms with Crippen molar-refractivity contribution in [2.75, 3.05) is 5.32 Å². The highest BCUT2D eigenvalue weighted by Crippen LogP contribution is 2.29. The minimum absolute atomic E-state index is 0.0101. The van der Waals surface area contributed by atoms with Crippen molar-refractivity contribution in [3.05, 3.63) is 110 Å². The molecule has 1 N–H and O–H groups in total. The topological polar surface area (TPSA) is 129 Å². The minimum Gasteiger partial charge on any atom is -0.440 e. The number of rotatable bonds is 9. The van der Waals surface area contributed by atoms with Crippen LogP contribution >= 0.6 is 22.9 Å². The van der Waals surface area contributed by atoms with Gasteiger partial charge in [-0.2, -0.15) is 9.78 Å². The van der Waals surface area contributed by atoms with Gasteiger partial charge in [-0.3, -0.25) is 19.2 Å². The van der Waals surface area contributed by atoms with E-state index in [4.69, 9.17) is 16.0 Å². The molecule has 0 saturated carbocycles. The van der Waals surface area contributed by atoms with Crippen LogP contribution in [0.25, 0.3) is 11.3 Å². The second-order valence-electron chi connectivity index (χ2n) is 10.5. The number of oxazole rings is 1. The third kappa shape index (κ3) is 6.02. The van der Waals surface area contributed by atoms with E-state index < -0.39 is 22.5 Å². The smallest absolute Gasteiger partial charge is 0.262 e. The lowest BCUT2D eigenvalue weighted by molar-refractivity contribution is 0.0752. The predicted molar refractivity (Wildman–Crippen MR) is 159 cm³/mol. The number of nitrogens with zero attached hydrogens (tertiary/aromatic N) is 4. The first kappa shape index (κ1) is 28.9. The van der Waals surface area contributed by atoms with Crippen LogP contribution in [0.4, 0.5) is 5.82 Å². The summed E-state index contributed by atoms with van der Waals surface area (Å²) in [6.45, 7) is 5.33. The van der Waals surface area contributed by atoms with Gasteiger partial charge < -0.3 is 14.3 Å². The van der Waals surface area contributed by atoms with Gasteiger partial charge in [-0.05, 0) is 18.2 Å². The number of carbonyl (C=O) groups is 3. The fraction of sp³-hybridized carbons (Fsp3) is 0.200. The van der Waals surface area contributed by atoms with E-state index in [1.807, 2.05) is 6.07 Å². The number of anilines is 1. The number of carbonyl (C=O) groups excluding carboxylic acids is 3. The van der Waals surface area contributed by atoms with Crippen LogP contribution in [-0.4, -0.2) is 36.8 Å². The first-order chi connectivity index (χ1) is 20.0. The molecule has 4 aromatic heterocycles. The Hall–Kier alpha value is -4.61. The highest BCUT2D eigenvalue weighted by Gasteiger charge is 2.29. The zero-order chi connectivity index (χ0) is 30.0. The van der Waals surface area contributed by atoms with Gasteiger partial charge in [-0.25, -0.2) is 4.98 Å². The molecule has 1 aromatic carbocycles. The van der Waals surface area contributed by atoms with Gasteiger partial charge in [-0.15, -0.1) is 11.3 Å². The second-order valence-corrected chi connectivity index (χ2v) is 12.3. The molecular formula is C30H26ClN5O5S. The normalized spacial score (nSPS) is 11.4. The molecule has 0 unspecified atom stereocenters. The van der Waals surface area contributed by atoms with Gasteiger partial charge in [-0.1, -0.05) is 62.7 Å². The molecule has 4 heterocycles. The molecule has 0 saturated heterocycles. The summed E-state index contributed by atoms with van der Waals surface area (Å²) in [7, 11) is 0. The molecule has 214 valence electrons. The Morgan fingerprint density at radius 2 is 1.83 bits per heavy atom. The molecule has 0 aliphatic rings. The number of ketones is 2. The molecule has 12 heteroatoms. The Labute approximate surface area is 249 Å². The average molecular weight is 604 g/mol. The molecule has 0 spiro atoms. The van der Waals surface area contributed by atoms with Crippen LogP contribution in [-0.2, 0) is 13.1 Å². The number of pyridine rings is 1. The highest BCUT2D eigenvalue weighted by molar-refractivity contribution is 7.16. The van der Waals surface area contributed by atoms with Crippen LogP contribution in [0.1, 0.15) is 56.9 Å². The summed E-state index contributed by atoms with van der Waals surface area (Å²) in [4.78, 5) is 58.3. The van der Waals surface area contributed by atoms with E-state index in [9.17, 15) is 19.2 Å². The van der Waals surface area contributed by atoms with Crippen molar-refractivity contribution in [3.8, 4) is 11.3 Å². The Morgan fingerprint density at radius 1 is 1.07 bits per heavy atom. The van der Waals surface area contributed by atoms with Crippen molar-refractivity contribution in [1.82, 2.24) is 19.3 Å². The Morgan fingerprint density at radius 3 is 2.48 bits per heavy atom. The van der Waals surface area contributed by atoms with E-state index in [1.165, 1.54) is 28.4 Å². The molecule has 0 bridgehead atoms. The lowest BCUT2D eigenvalue weighted by Crippen LogP contribution is -2.30. The lowest BCUT2D eigenvalue weighted by atomic mass is 9.96. The highest BCUT2D eigenvalue weighted by atomic mass is 35.5. The molecule has 0 aliphatic carbocycles. The number of Topliss-reactive ketones (excluding diaryl/α,β-unsaturated/α-hetero) is 1. The van der Waals surface area contributed by atoms with Crippen molar-refractivity contribution < 1.29 is 18.8 Å². The maximum absolute atomic E-state index is 13.8. The Bertz CT molecular complexity index is 1830. The second kappa shape index (κ2) is 11.7. The zero-order valence-electron chi connectivity index (χ0n) is 23.0. The number of benzene rings is 1. The van der Waals surface area contributed by atoms with E-state index in [2.05, 4.69) is 15.4 Å². The van der Waals surface area contributed by atoms with Crippen LogP contribution in [0.15, 0.2) is 82.6 Å². The number of halogens is 1. The monoisotopic (exact) mass is 603 g/mol. The van der Waals surface area contributed by atoms with E-state index in [-0.39, 0.29) is 40.6 Å². The van der Waals surface area contributed by atoms with Crippen LogP contribution in [0, 0.1) is 5.41 Å². The van der Waals surface area contributed by atoms with Gasteiger partial charge in [0.15, 0.2) is 17.9 Å². The first-order valence-corrected chi connectivity index (χ1v) is 14.1. The van der Waals surface area contributed by atoms with Crippen molar-refractivity contribution >= 4 is 46.2 Å². The summed E-state index contributed by atoms with van der Waals surface area (Å²) in [5, 5.41) is 7.80. The molecule has 10 nitrogen and oxygen atoms in total. The summed E-state index contributed by atoms with van der Waals surface area (Å²) in [6.07, 6.45) is 3.80. The number of hydrogen-bond donors (Lipinski definition) is 1. The molecule has 5 rings (SSSR count). The quantitative estimate of drug-likeness (QED) is 0.208. The van der Waals surface area contributed by atoms with Crippen LogP contribution in [0.5, 0.6) is 0 Å². The number of aromatic nitrogens is 4. The molecule has 0 aliphatic heterocycles. The van der Waals surface area contributed by atoms with Gasteiger partial charge in [0.2, 0.25) is 5.78 Å². The SMILES string of the molecule is CC(C)(C)C(=O)n1nc(-c2ccn(CC(=O)c3cnco3)c(=O)c2C(=O)c2ccccc2)cc1NCc1ccc(Cl)s1. The van der Waals surface area contributed by atoms with Crippen molar-refractivity contribution in [2.24, 2.45) is 5.41 Å². The van der Waals surface area contributed by atoms with Crippen LogP contribution in [0.2, 0.25) is 4.34 Å². The fourth-order valence-corrected chi connectivity index (χ4v) is 5.21. The number of nitrogens with one attached hydrogen (secondary N) is 1. The number of thiophene rings is 1. The molecule has 0 atom stereocenters. The molecular weight excluding hydrogens is 578 g/mol. The maximum atomic E-state index is 13.8. The largest absolute Gasteiger partial charge is 0.440 e. The zero-order valence-corrected chi connectivity index (χ0v) is 24.5. The third-order valence-electron chi connectivity index (χ3n) is 6.34. The number of hydrogen-bond acceptors (Lipinski definition) is 9. The molecule has 0 fully saturated rings. The molecule has 0 radical (unpaired) electrons. The lowest BCUT2D eigenvalue weighted by Gasteiger charge is -2.18. The van der Waals surface area contributed by atoms with Crippen LogP contribution in [0.3, 0.4) is 0 Å². The molecule has 0 amide bonds. The summed E-state index contributed by atoms with van der Waals surface area (Å²) in [5.74, 6) is -0.944. The Balaban J connectivity index is 1.62. The standard InChI is InChI=1S/C30H26ClN5O5S/c1-30(2,3)29(40)36-25(33-14-19-9-10-24(31)42-19)13-21(34-36)20-11-12-35(16-22(37)23-15-32-17-41-23)28(39)26(20)27(38)18-7-5-4-6-8-18/h4-13,15,17,33H,14,16H2,1-3H3. The maximum Gasteiger partial charge on any atom is 0.262 e. The summed E-state index contributed by atoms with van der Waals surface area (Å²) in [6, 6.07) is 15.2. The predicted octanol–water partition coefficient (Wildman–Crippen LogP) is 5.83. The van der Waals surface area contributed by atoms with Gasteiger partial charge in [0.05, 0.1) is 34.9 Å². The summed E-state index contributed by atoms with van der Waals surface area (Å²) in [5.41, 5.74) is -0.899. The van der Waals surface area contributed by atoms with Crippen molar-refractivity contribution in [2.45, 2.75) is 33.9 Å². The minimum atomic E-state index is -0.779. The average Bonchev–Trinajstić information content (AvgIpc) is 3.73. The van der Waals surface area contributed by atoms with Gasteiger partial charge in [0, 0.05) is 33.7 Å². The van der Waals surface area contributed by atoms with Crippen LogP contribution < -0.4 is 10.9 Å². The summed E-state index contributed by atoms with van der Waals surface area (Å²) < 4.78 is 8.10. The molecule has 5 aromatic rings.